The summed E-state index contributed by atoms with van der Waals surface area (Å²) in [6, 6.07) is 0. The lowest BCUT2D eigenvalue weighted by atomic mass is 9.46. The number of ketones is 2. The van der Waals surface area contributed by atoms with Crippen molar-refractivity contribution in [1.29, 1.82) is 0 Å². The smallest absolute Gasteiger partial charge is 0.450 e. The summed E-state index contributed by atoms with van der Waals surface area (Å²) in [6.07, 6.45) is 6.48. The number of carbonyl (C=O) groups excluding carboxylic acids is 2. The third-order valence-electron chi connectivity index (χ3n) is 9.37. The van der Waals surface area contributed by atoms with Crippen LogP contribution in [-0.2, 0) is 19.1 Å². The number of aliphatic hydroxyl groups is 2. The first-order chi connectivity index (χ1) is 16.4. The van der Waals surface area contributed by atoms with Gasteiger partial charge in [-0.05, 0) is 56.1 Å². The first-order valence-corrected chi connectivity index (χ1v) is 12.5. The van der Waals surface area contributed by atoms with E-state index < -0.39 is 42.3 Å². The number of hydrogen-bond acceptors (Lipinski definition) is 7. The summed E-state index contributed by atoms with van der Waals surface area (Å²) in [5.74, 6) is 0.0274. The molecule has 9 heteroatoms. The molecular weight excluding hydrogens is 456 g/mol. The van der Waals surface area contributed by atoms with E-state index in [4.69, 9.17) is 24.5 Å². The molecule has 9 atom stereocenters. The lowest BCUT2D eigenvalue weighted by Gasteiger charge is -2.59. The fourth-order valence-corrected chi connectivity index (χ4v) is 8.12. The van der Waals surface area contributed by atoms with Crippen LogP contribution in [0.1, 0.15) is 59.3 Å². The Balaban J connectivity index is 0.000000672. The number of carboxylic acid groups (broad SMARTS) is 2. The molecule has 0 radical (unpaired) electrons. The fraction of sp³-hybridized carbons (Fsp3) is 0.731. The Hall–Kier alpha value is -2.07. The summed E-state index contributed by atoms with van der Waals surface area (Å²) in [5, 5.41) is 35.4. The van der Waals surface area contributed by atoms with Crippen molar-refractivity contribution in [3.05, 3.63) is 23.8 Å². The highest BCUT2D eigenvalue weighted by molar-refractivity contribution is 6.01. The SMILES string of the molecule is CCCC1O[C@@H]2C[C@H]3[C@@H]4CCC5=CC(=O)C=C[C@]5(C)[C@H]4[C@@H](O)C[C@]3(C)[C@]2(C(=O)CO)O1.O=C(O)O. The summed E-state index contributed by atoms with van der Waals surface area (Å²) < 4.78 is 12.7. The lowest BCUT2D eigenvalue weighted by Crippen LogP contribution is -2.63. The first-order valence-electron chi connectivity index (χ1n) is 12.5. The molecule has 35 heavy (non-hydrogen) atoms. The molecule has 5 aliphatic rings. The normalized spacial score (nSPS) is 45.3. The zero-order chi connectivity index (χ0) is 25.8. The number of Topliss-reactive ketones (excluding diaryl/α,β-unsaturated/α-hetero) is 1. The zero-order valence-corrected chi connectivity index (χ0v) is 20.5. The minimum absolute atomic E-state index is 0.0125. The maximum atomic E-state index is 13.2. The predicted molar refractivity (Wildman–Crippen MR) is 124 cm³/mol. The van der Waals surface area contributed by atoms with E-state index in [0.717, 1.165) is 24.8 Å². The molecule has 0 aromatic heterocycles. The maximum absolute atomic E-state index is 13.2. The number of hydrogen-bond donors (Lipinski definition) is 4. The van der Waals surface area contributed by atoms with Crippen LogP contribution in [0.2, 0.25) is 0 Å². The molecule has 4 aliphatic carbocycles. The molecule has 4 fully saturated rings. The molecular formula is C26H36O9. The van der Waals surface area contributed by atoms with E-state index in [1.165, 1.54) is 0 Å². The second-order valence-electron chi connectivity index (χ2n) is 11.0. The average Bonchev–Trinajstić information content (AvgIpc) is 3.25. The van der Waals surface area contributed by atoms with E-state index in [-0.39, 0.29) is 34.7 Å². The number of carbonyl (C=O) groups is 3. The van der Waals surface area contributed by atoms with Gasteiger partial charge < -0.3 is 29.9 Å². The van der Waals surface area contributed by atoms with Crippen molar-refractivity contribution < 1.29 is 44.3 Å². The van der Waals surface area contributed by atoms with E-state index >= 15 is 0 Å². The Morgan fingerprint density at radius 1 is 1.23 bits per heavy atom. The molecule has 1 unspecified atom stereocenters. The molecule has 1 saturated heterocycles. The van der Waals surface area contributed by atoms with E-state index in [2.05, 4.69) is 20.8 Å². The number of aliphatic hydroxyl groups excluding tert-OH is 2. The van der Waals surface area contributed by atoms with Gasteiger partial charge in [-0.25, -0.2) is 4.79 Å². The van der Waals surface area contributed by atoms with Gasteiger partial charge in [0, 0.05) is 16.7 Å². The fourth-order valence-electron chi connectivity index (χ4n) is 8.12. The molecule has 194 valence electrons. The van der Waals surface area contributed by atoms with Gasteiger partial charge in [-0.2, -0.15) is 0 Å². The summed E-state index contributed by atoms with van der Waals surface area (Å²) in [4.78, 5) is 33.8. The Kier molecular flexibility index (Phi) is 6.76. The molecule has 5 rings (SSSR count). The third-order valence-corrected chi connectivity index (χ3v) is 9.37. The molecule has 1 heterocycles. The van der Waals surface area contributed by atoms with Crippen molar-refractivity contribution in [3.63, 3.8) is 0 Å². The van der Waals surface area contributed by atoms with Crippen LogP contribution in [0.15, 0.2) is 23.8 Å². The summed E-state index contributed by atoms with van der Waals surface area (Å²) in [6.45, 7) is 5.67. The van der Waals surface area contributed by atoms with Crippen LogP contribution in [0.25, 0.3) is 0 Å². The van der Waals surface area contributed by atoms with Gasteiger partial charge in [0.1, 0.15) is 6.61 Å². The third kappa shape index (κ3) is 3.79. The molecule has 1 aliphatic heterocycles. The second-order valence-corrected chi connectivity index (χ2v) is 11.0. The predicted octanol–water partition coefficient (Wildman–Crippen LogP) is 2.94. The van der Waals surface area contributed by atoms with E-state index in [1.807, 2.05) is 6.08 Å². The lowest BCUT2D eigenvalue weighted by molar-refractivity contribution is -0.200. The van der Waals surface area contributed by atoms with Crippen LogP contribution in [0.5, 0.6) is 0 Å². The van der Waals surface area contributed by atoms with E-state index in [1.54, 1.807) is 12.2 Å². The summed E-state index contributed by atoms with van der Waals surface area (Å²) in [5.41, 5.74) is -1.05. The number of allylic oxidation sites excluding steroid dienone is 4. The van der Waals surface area contributed by atoms with Crippen LogP contribution in [0, 0.1) is 28.6 Å². The minimum Gasteiger partial charge on any atom is -0.450 e. The minimum atomic E-state index is -1.83. The van der Waals surface area contributed by atoms with E-state index in [9.17, 15) is 19.8 Å². The van der Waals surface area contributed by atoms with Crippen molar-refractivity contribution in [2.75, 3.05) is 6.61 Å². The molecule has 9 nitrogen and oxygen atoms in total. The van der Waals surface area contributed by atoms with Crippen molar-refractivity contribution in [3.8, 4) is 0 Å². The molecule has 0 bridgehead atoms. The highest BCUT2D eigenvalue weighted by Gasteiger charge is 2.75. The van der Waals surface area contributed by atoms with Gasteiger partial charge in [0.25, 0.3) is 0 Å². The molecule has 0 aromatic carbocycles. The first kappa shape index (κ1) is 26.0. The van der Waals surface area contributed by atoms with Crippen LogP contribution in [0.3, 0.4) is 0 Å². The van der Waals surface area contributed by atoms with Gasteiger partial charge >= 0.3 is 6.16 Å². The maximum Gasteiger partial charge on any atom is 0.503 e. The monoisotopic (exact) mass is 492 g/mol. The van der Waals surface area contributed by atoms with Crippen LogP contribution in [-0.4, -0.2) is 68.9 Å². The van der Waals surface area contributed by atoms with Crippen molar-refractivity contribution in [2.24, 2.45) is 28.6 Å². The topological polar surface area (TPSA) is 151 Å². The molecule has 0 spiro atoms. The highest BCUT2D eigenvalue weighted by Crippen LogP contribution is 2.69. The highest BCUT2D eigenvalue weighted by atomic mass is 16.7. The second kappa shape index (κ2) is 9.10. The van der Waals surface area contributed by atoms with Crippen molar-refractivity contribution in [1.82, 2.24) is 0 Å². The van der Waals surface area contributed by atoms with Crippen molar-refractivity contribution in [2.45, 2.75) is 83.4 Å². The van der Waals surface area contributed by atoms with Gasteiger partial charge in [0.05, 0.1) is 12.2 Å². The molecule has 0 amide bonds. The largest absolute Gasteiger partial charge is 0.503 e. The van der Waals surface area contributed by atoms with Crippen LogP contribution in [0.4, 0.5) is 4.79 Å². The van der Waals surface area contributed by atoms with E-state index in [0.29, 0.717) is 19.3 Å². The van der Waals surface area contributed by atoms with Gasteiger partial charge in [-0.3, -0.25) is 9.59 Å². The van der Waals surface area contributed by atoms with Crippen LogP contribution >= 0.6 is 0 Å². The Morgan fingerprint density at radius 3 is 2.54 bits per heavy atom. The Bertz CT molecular complexity index is 952. The Morgan fingerprint density at radius 2 is 1.91 bits per heavy atom. The van der Waals surface area contributed by atoms with Gasteiger partial charge in [-0.1, -0.05) is 38.8 Å². The molecule has 3 saturated carbocycles. The summed E-state index contributed by atoms with van der Waals surface area (Å²) in [7, 11) is 0. The Labute approximate surface area is 204 Å². The number of ether oxygens (including phenoxy) is 2. The zero-order valence-electron chi connectivity index (χ0n) is 20.5. The van der Waals surface area contributed by atoms with Gasteiger partial charge in [-0.15, -0.1) is 0 Å². The summed E-state index contributed by atoms with van der Waals surface area (Å²) >= 11 is 0. The molecule has 4 N–H and O–H groups in total. The van der Waals surface area contributed by atoms with Gasteiger partial charge in [0.15, 0.2) is 23.5 Å². The van der Waals surface area contributed by atoms with Gasteiger partial charge in [0.2, 0.25) is 0 Å². The quantitative estimate of drug-likeness (QED) is 0.464. The molecule has 0 aromatic rings. The average molecular weight is 493 g/mol. The standard InChI is InChI=1S/C25H34O6.CH2O3/c1-4-5-21-30-20-11-17-16-7-6-14-10-15(27)8-9-23(14,2)22(16)18(28)12-24(17,3)25(20,31-21)19(29)13-26;2-1(3)4/h8-10,16-18,20-22,26,28H,4-7,11-13H2,1-3H3;(H2,2,3,4)/t16-,17-,18-,20+,21?,22+,23-,24-,25+;/m0./s1. The number of fused-ring (bicyclic) bond motifs is 7. The number of rotatable bonds is 4. The van der Waals surface area contributed by atoms with Crippen LogP contribution < -0.4 is 0 Å². The van der Waals surface area contributed by atoms with Crippen molar-refractivity contribution >= 4 is 17.7 Å².